The van der Waals surface area contributed by atoms with E-state index in [1.54, 1.807) is 0 Å². The molecular weight excluding hydrogens is 242 g/mol. The van der Waals surface area contributed by atoms with Gasteiger partial charge in [-0.25, -0.2) is 8.78 Å². The lowest BCUT2D eigenvalue weighted by atomic mass is 9.75. The van der Waals surface area contributed by atoms with E-state index in [4.69, 9.17) is 0 Å². The molecule has 6 atom stereocenters. The van der Waals surface area contributed by atoms with Crippen LogP contribution >= 0.6 is 0 Å². The van der Waals surface area contributed by atoms with Gasteiger partial charge in [-0.3, -0.25) is 0 Å². The van der Waals surface area contributed by atoms with Crippen LogP contribution in [-0.4, -0.2) is 12.3 Å². The van der Waals surface area contributed by atoms with Gasteiger partial charge in [0.25, 0.3) is 0 Å². The quantitative estimate of drug-likeness (QED) is 0.470. The maximum atomic E-state index is 14.1. The van der Waals surface area contributed by atoms with Crippen LogP contribution < -0.4 is 0 Å². The molecule has 2 aliphatic rings. The molecule has 0 aromatic heterocycles. The highest BCUT2D eigenvalue weighted by atomic mass is 19.2. The maximum absolute atomic E-state index is 14.1. The minimum absolute atomic E-state index is 0.0310. The lowest BCUT2D eigenvalue weighted by molar-refractivity contribution is 0.0188. The van der Waals surface area contributed by atoms with Gasteiger partial charge < -0.3 is 0 Å². The second-order valence-corrected chi connectivity index (χ2v) is 6.81. The van der Waals surface area contributed by atoms with Crippen LogP contribution in [0.1, 0.15) is 58.3 Å². The Balaban J connectivity index is 1.85. The van der Waals surface area contributed by atoms with Crippen molar-refractivity contribution in [2.45, 2.75) is 70.6 Å². The van der Waals surface area contributed by atoms with E-state index in [1.807, 2.05) is 6.92 Å². The van der Waals surface area contributed by atoms with Crippen molar-refractivity contribution < 1.29 is 8.78 Å². The van der Waals surface area contributed by atoms with Crippen LogP contribution in [0.25, 0.3) is 0 Å². The molecule has 0 heterocycles. The maximum Gasteiger partial charge on any atom is 0.134 e. The van der Waals surface area contributed by atoms with Crippen molar-refractivity contribution >= 4 is 0 Å². The molecule has 0 amide bonds. The van der Waals surface area contributed by atoms with E-state index >= 15 is 0 Å². The molecule has 0 aliphatic heterocycles. The topological polar surface area (TPSA) is 0 Å². The van der Waals surface area contributed by atoms with Crippen molar-refractivity contribution in [2.75, 3.05) is 0 Å². The van der Waals surface area contributed by atoms with Crippen molar-refractivity contribution in [1.82, 2.24) is 0 Å². The fourth-order valence-corrected chi connectivity index (χ4v) is 3.92. The Kier molecular flexibility index (Phi) is 5.41. The summed E-state index contributed by atoms with van der Waals surface area (Å²) in [6.07, 6.45) is 8.26. The van der Waals surface area contributed by atoms with Crippen molar-refractivity contribution in [3.05, 3.63) is 12.7 Å². The highest BCUT2D eigenvalue weighted by molar-refractivity contribution is 4.89. The molecule has 0 saturated heterocycles. The van der Waals surface area contributed by atoms with E-state index in [0.29, 0.717) is 11.8 Å². The summed E-state index contributed by atoms with van der Waals surface area (Å²) in [4.78, 5) is 0. The zero-order valence-corrected chi connectivity index (χ0v) is 12.2. The number of alkyl halides is 2. The molecular formula is C17H28F2. The summed E-state index contributed by atoms with van der Waals surface area (Å²) in [6, 6.07) is 0. The fourth-order valence-electron chi connectivity index (χ4n) is 3.92. The predicted octanol–water partition coefficient (Wildman–Crippen LogP) is 5.48. The summed E-state index contributed by atoms with van der Waals surface area (Å²) >= 11 is 0. The molecule has 6 unspecified atom stereocenters. The minimum atomic E-state index is -1.23. The lowest BCUT2D eigenvalue weighted by Crippen LogP contribution is -2.37. The molecule has 0 radical (unpaired) electrons. The average molecular weight is 270 g/mol. The van der Waals surface area contributed by atoms with E-state index in [9.17, 15) is 8.78 Å². The van der Waals surface area contributed by atoms with Crippen LogP contribution in [0.2, 0.25) is 0 Å². The van der Waals surface area contributed by atoms with E-state index in [-0.39, 0.29) is 11.8 Å². The highest BCUT2D eigenvalue weighted by Gasteiger charge is 2.38. The van der Waals surface area contributed by atoms with Gasteiger partial charge >= 0.3 is 0 Å². The SMILES string of the molecule is C=CC1CCCC(CC2CCC(C)C(F)C2F)CC1. The molecule has 2 fully saturated rings. The summed E-state index contributed by atoms with van der Waals surface area (Å²) in [5.41, 5.74) is 0. The minimum Gasteiger partial charge on any atom is -0.244 e. The Morgan fingerprint density at radius 2 is 1.79 bits per heavy atom. The van der Waals surface area contributed by atoms with E-state index in [2.05, 4.69) is 12.7 Å². The zero-order valence-electron chi connectivity index (χ0n) is 12.2. The standard InChI is InChI=1S/C17H28F2/c1-3-13-5-4-6-14(9-8-13)11-15-10-7-12(2)16(18)17(15)19/h3,12-17H,1,4-11H2,2H3. The van der Waals surface area contributed by atoms with Gasteiger partial charge in [0.05, 0.1) is 0 Å². The van der Waals surface area contributed by atoms with Gasteiger partial charge in [-0.1, -0.05) is 25.8 Å². The third-order valence-electron chi connectivity index (χ3n) is 5.39. The van der Waals surface area contributed by atoms with E-state index < -0.39 is 12.3 Å². The van der Waals surface area contributed by atoms with Gasteiger partial charge in [-0.2, -0.15) is 0 Å². The third-order valence-corrected chi connectivity index (χ3v) is 5.39. The molecule has 2 aliphatic carbocycles. The van der Waals surface area contributed by atoms with Crippen LogP contribution in [0, 0.1) is 23.7 Å². The molecule has 0 nitrogen and oxygen atoms in total. The fraction of sp³-hybridized carbons (Fsp3) is 0.882. The van der Waals surface area contributed by atoms with Gasteiger partial charge in [0.15, 0.2) is 0 Å². The lowest BCUT2D eigenvalue weighted by Gasteiger charge is -2.35. The number of halogens is 2. The average Bonchev–Trinajstić information content (AvgIpc) is 2.64. The van der Waals surface area contributed by atoms with Gasteiger partial charge in [-0.05, 0) is 62.2 Å². The molecule has 2 heteroatoms. The summed E-state index contributed by atoms with van der Waals surface area (Å²) < 4.78 is 27.9. The van der Waals surface area contributed by atoms with Crippen molar-refractivity contribution in [3.8, 4) is 0 Å². The molecule has 110 valence electrons. The van der Waals surface area contributed by atoms with E-state index in [0.717, 1.165) is 19.3 Å². The number of allylic oxidation sites excluding steroid dienone is 1. The molecule has 0 aromatic carbocycles. The number of hydrogen-bond donors (Lipinski definition) is 0. The highest BCUT2D eigenvalue weighted by Crippen LogP contribution is 2.40. The smallest absolute Gasteiger partial charge is 0.134 e. The second kappa shape index (κ2) is 6.85. The normalized spacial score (nSPS) is 44.6. The summed E-state index contributed by atoms with van der Waals surface area (Å²) in [6.45, 7) is 5.73. The Labute approximate surface area is 116 Å². The van der Waals surface area contributed by atoms with E-state index in [1.165, 1.54) is 32.1 Å². The largest absolute Gasteiger partial charge is 0.244 e. The Morgan fingerprint density at radius 1 is 1.00 bits per heavy atom. The van der Waals surface area contributed by atoms with Gasteiger partial charge in [-0.15, -0.1) is 6.58 Å². The first-order valence-corrected chi connectivity index (χ1v) is 8.02. The number of hydrogen-bond acceptors (Lipinski definition) is 0. The van der Waals surface area contributed by atoms with Crippen LogP contribution in [0.3, 0.4) is 0 Å². The van der Waals surface area contributed by atoms with Crippen molar-refractivity contribution in [3.63, 3.8) is 0 Å². The predicted molar refractivity (Wildman–Crippen MR) is 76.6 cm³/mol. The first-order valence-electron chi connectivity index (χ1n) is 8.02. The Morgan fingerprint density at radius 3 is 2.53 bits per heavy atom. The van der Waals surface area contributed by atoms with Gasteiger partial charge in [0.2, 0.25) is 0 Å². The van der Waals surface area contributed by atoms with Gasteiger partial charge in [0, 0.05) is 0 Å². The molecule has 2 rings (SSSR count). The zero-order chi connectivity index (χ0) is 13.8. The molecule has 0 aromatic rings. The van der Waals surface area contributed by atoms with Crippen LogP contribution in [0.4, 0.5) is 8.78 Å². The Bertz CT molecular complexity index is 289. The summed E-state index contributed by atoms with van der Waals surface area (Å²) in [5.74, 6) is 1.13. The van der Waals surface area contributed by atoms with Crippen LogP contribution in [0.5, 0.6) is 0 Å². The number of rotatable bonds is 3. The van der Waals surface area contributed by atoms with Crippen molar-refractivity contribution in [1.29, 1.82) is 0 Å². The Hall–Kier alpha value is -0.400. The molecule has 0 spiro atoms. The van der Waals surface area contributed by atoms with Crippen LogP contribution in [-0.2, 0) is 0 Å². The van der Waals surface area contributed by atoms with Crippen LogP contribution in [0.15, 0.2) is 12.7 Å². The third kappa shape index (κ3) is 3.79. The van der Waals surface area contributed by atoms with Gasteiger partial charge in [0.1, 0.15) is 12.3 Å². The monoisotopic (exact) mass is 270 g/mol. The van der Waals surface area contributed by atoms with Crippen molar-refractivity contribution in [2.24, 2.45) is 23.7 Å². The molecule has 0 bridgehead atoms. The molecule has 0 N–H and O–H groups in total. The summed E-state index contributed by atoms with van der Waals surface area (Å²) in [5, 5.41) is 0. The summed E-state index contributed by atoms with van der Waals surface area (Å²) in [7, 11) is 0. The molecule has 2 saturated carbocycles. The second-order valence-electron chi connectivity index (χ2n) is 6.81. The first-order chi connectivity index (χ1) is 9.11. The molecule has 19 heavy (non-hydrogen) atoms. The first kappa shape index (κ1) is 15.0.